The fourth-order valence-electron chi connectivity index (χ4n) is 9.70. The summed E-state index contributed by atoms with van der Waals surface area (Å²) in [6.45, 7) is 4.60. The van der Waals surface area contributed by atoms with Crippen LogP contribution in [0.1, 0.15) is 310 Å². The summed E-state index contributed by atoms with van der Waals surface area (Å²) in [7, 11) is -9.95. The van der Waals surface area contributed by atoms with E-state index in [1.807, 2.05) is 0 Å². The lowest BCUT2D eigenvalue weighted by atomic mass is 10.0. The number of unbranched alkanes of at least 4 members (excludes halogenated alkanes) is 29. The van der Waals surface area contributed by atoms with Crippen LogP contribution in [0.4, 0.5) is 0 Å². The molecule has 544 valence electrons. The van der Waals surface area contributed by atoms with Gasteiger partial charge in [-0.15, -0.1) is 0 Å². The largest absolute Gasteiger partial charge is 0.472 e. The number of aliphatic hydroxyl groups excluding tert-OH is 1. The number of ether oxygens (including phenoxy) is 4. The van der Waals surface area contributed by atoms with Crippen LogP contribution in [0.2, 0.25) is 0 Å². The molecule has 0 rings (SSSR count). The lowest BCUT2D eigenvalue weighted by molar-refractivity contribution is -0.161. The van der Waals surface area contributed by atoms with E-state index in [2.05, 4.69) is 113 Å². The van der Waals surface area contributed by atoms with E-state index in [0.717, 1.165) is 154 Å². The smallest absolute Gasteiger partial charge is 0.462 e. The molecule has 0 aromatic heterocycles. The lowest BCUT2D eigenvalue weighted by Gasteiger charge is -2.21. The summed E-state index contributed by atoms with van der Waals surface area (Å²) >= 11 is 0. The van der Waals surface area contributed by atoms with Crippen LogP contribution in [0.15, 0.2) is 85.1 Å². The van der Waals surface area contributed by atoms with Crippen molar-refractivity contribution in [1.82, 2.24) is 0 Å². The molecule has 17 nitrogen and oxygen atoms in total. The van der Waals surface area contributed by atoms with E-state index in [1.165, 1.54) is 77.0 Å². The quantitative estimate of drug-likeness (QED) is 0.0169. The first-order valence-electron chi connectivity index (χ1n) is 36.8. The molecule has 0 bridgehead atoms. The van der Waals surface area contributed by atoms with Crippen molar-refractivity contribution in [3.05, 3.63) is 85.1 Å². The molecule has 0 aliphatic heterocycles. The molecule has 0 heterocycles. The van der Waals surface area contributed by atoms with Crippen molar-refractivity contribution in [2.75, 3.05) is 39.6 Å². The van der Waals surface area contributed by atoms with Gasteiger partial charge in [0, 0.05) is 25.7 Å². The first kappa shape index (κ1) is 90.2. The van der Waals surface area contributed by atoms with Crippen molar-refractivity contribution in [3.63, 3.8) is 0 Å². The third kappa shape index (κ3) is 66.8. The number of allylic oxidation sites excluding steroid dienone is 14. The number of hydrogen-bond acceptors (Lipinski definition) is 15. The number of aliphatic hydroxyl groups is 1. The summed E-state index contributed by atoms with van der Waals surface area (Å²) in [5.74, 6) is -2.23. The van der Waals surface area contributed by atoms with Crippen LogP contribution in [0.25, 0.3) is 0 Å². The van der Waals surface area contributed by atoms with Gasteiger partial charge in [0.1, 0.15) is 19.3 Å². The van der Waals surface area contributed by atoms with Gasteiger partial charge in [-0.3, -0.25) is 37.3 Å². The molecule has 0 radical (unpaired) electrons. The molecule has 0 aliphatic rings. The van der Waals surface area contributed by atoms with Gasteiger partial charge in [-0.25, -0.2) is 9.13 Å². The molecule has 0 saturated heterocycles. The van der Waals surface area contributed by atoms with Gasteiger partial charge in [-0.1, -0.05) is 260 Å². The Bertz CT molecular complexity index is 2120. The normalized spacial score (nSPS) is 14.5. The summed E-state index contributed by atoms with van der Waals surface area (Å²) < 4.78 is 68.3. The Labute approximate surface area is 570 Å². The molecule has 0 aromatic carbocycles. The van der Waals surface area contributed by atoms with Crippen molar-refractivity contribution >= 4 is 39.5 Å². The van der Waals surface area contributed by atoms with E-state index in [9.17, 15) is 43.2 Å². The van der Waals surface area contributed by atoms with Gasteiger partial charge < -0.3 is 33.8 Å². The highest BCUT2D eigenvalue weighted by Crippen LogP contribution is 2.45. The van der Waals surface area contributed by atoms with Crippen molar-refractivity contribution in [2.24, 2.45) is 0 Å². The molecule has 5 unspecified atom stereocenters. The van der Waals surface area contributed by atoms with Crippen molar-refractivity contribution in [1.29, 1.82) is 0 Å². The van der Waals surface area contributed by atoms with Crippen LogP contribution in [0.5, 0.6) is 0 Å². The zero-order valence-corrected chi connectivity index (χ0v) is 60.9. The van der Waals surface area contributed by atoms with Crippen molar-refractivity contribution in [2.45, 2.75) is 329 Å². The second kappa shape index (κ2) is 67.8. The van der Waals surface area contributed by atoms with Crippen LogP contribution in [-0.2, 0) is 65.4 Å². The zero-order chi connectivity index (χ0) is 69.0. The van der Waals surface area contributed by atoms with Crippen molar-refractivity contribution in [3.8, 4) is 0 Å². The maximum absolute atomic E-state index is 13.0. The Morgan fingerprint density at radius 1 is 0.309 bits per heavy atom. The summed E-state index contributed by atoms with van der Waals surface area (Å²) in [4.78, 5) is 72.6. The molecule has 0 aliphatic carbocycles. The Balaban J connectivity index is 5.35. The first-order valence-corrected chi connectivity index (χ1v) is 39.8. The van der Waals surface area contributed by atoms with Gasteiger partial charge in [0.05, 0.1) is 26.4 Å². The topological polar surface area (TPSA) is 237 Å². The Morgan fingerprint density at radius 2 is 0.585 bits per heavy atom. The summed E-state index contributed by atoms with van der Waals surface area (Å²) in [6.07, 6.45) is 67.3. The highest BCUT2D eigenvalue weighted by molar-refractivity contribution is 7.47. The molecule has 19 heteroatoms. The third-order valence-corrected chi connectivity index (χ3v) is 17.2. The molecule has 94 heavy (non-hydrogen) atoms. The number of phosphoric acid groups is 2. The monoisotopic (exact) mass is 1370 g/mol. The standard InChI is InChI=1S/C75H132O17P2/c1-5-9-13-17-21-25-29-32-34-37-41-44-48-52-56-60-73(78)86-66-71(92-75(80)62-58-54-50-46-42-38-35-33-30-26-22-18-14-10-6-2)68-90-94(83,84)88-64-69(76)63-87-93(81,82)89-67-70(91-74(79)61-57-53-49-45-39-28-24-20-16-12-8-4)65-85-72(77)59-55-51-47-43-40-36-31-27-23-19-15-11-7-3/h9,13,15,19-21,24-25,27,31-32,34,41,44,69-71,76H,5-8,10-12,14,16-18,22-23,26,28-30,33,35-40,42-43,45-68H2,1-4H3,(H,81,82)(H,83,84)/b13-9-,19-15-,24-20-,25-21-,31-27-,34-32-,44-41-. The number of rotatable bonds is 69. The van der Waals surface area contributed by atoms with E-state index in [1.54, 1.807) is 0 Å². The number of carbonyl (C=O) groups excluding carboxylic acids is 4. The number of phosphoric ester groups is 2. The average Bonchev–Trinajstić information content (AvgIpc) is 1.36. The van der Waals surface area contributed by atoms with Crippen LogP contribution in [-0.4, -0.2) is 96.7 Å². The second-order valence-corrected chi connectivity index (χ2v) is 27.4. The summed E-state index contributed by atoms with van der Waals surface area (Å²) in [6, 6.07) is 0. The van der Waals surface area contributed by atoms with E-state index >= 15 is 0 Å². The van der Waals surface area contributed by atoms with E-state index < -0.39 is 97.5 Å². The molecule has 0 saturated carbocycles. The number of hydrogen-bond donors (Lipinski definition) is 3. The van der Waals surface area contributed by atoms with Gasteiger partial charge in [0.2, 0.25) is 0 Å². The van der Waals surface area contributed by atoms with E-state index in [0.29, 0.717) is 25.7 Å². The predicted molar refractivity (Wildman–Crippen MR) is 381 cm³/mol. The fourth-order valence-corrected chi connectivity index (χ4v) is 11.3. The molecule has 0 amide bonds. The molecule has 0 spiro atoms. The van der Waals surface area contributed by atoms with Gasteiger partial charge >= 0.3 is 39.5 Å². The Hall–Kier alpha value is -3.76. The van der Waals surface area contributed by atoms with Gasteiger partial charge in [0.15, 0.2) is 12.2 Å². The molecular formula is C75H132O17P2. The average molecular weight is 1370 g/mol. The zero-order valence-electron chi connectivity index (χ0n) is 59.1. The summed E-state index contributed by atoms with van der Waals surface area (Å²) in [5, 5.41) is 10.6. The van der Waals surface area contributed by atoms with E-state index in [4.69, 9.17) is 37.0 Å². The van der Waals surface area contributed by atoms with Crippen LogP contribution in [0.3, 0.4) is 0 Å². The Morgan fingerprint density at radius 3 is 0.957 bits per heavy atom. The van der Waals surface area contributed by atoms with Crippen LogP contribution in [0, 0.1) is 0 Å². The minimum Gasteiger partial charge on any atom is -0.462 e. The molecule has 5 atom stereocenters. The maximum Gasteiger partial charge on any atom is 0.472 e. The van der Waals surface area contributed by atoms with E-state index in [-0.39, 0.29) is 25.7 Å². The van der Waals surface area contributed by atoms with Crippen molar-refractivity contribution < 1.29 is 80.2 Å². The van der Waals surface area contributed by atoms with Gasteiger partial charge in [-0.05, 0) is 109 Å². The van der Waals surface area contributed by atoms with Gasteiger partial charge in [-0.2, -0.15) is 0 Å². The number of carbonyl (C=O) groups is 4. The first-order chi connectivity index (χ1) is 45.7. The molecule has 0 aromatic rings. The predicted octanol–water partition coefficient (Wildman–Crippen LogP) is 20.7. The Kier molecular flexibility index (Phi) is 65.1. The maximum atomic E-state index is 13.0. The number of esters is 4. The van der Waals surface area contributed by atoms with Crippen LogP contribution >= 0.6 is 15.6 Å². The molecule has 0 fully saturated rings. The summed E-state index contributed by atoms with van der Waals surface area (Å²) in [5.41, 5.74) is 0. The van der Waals surface area contributed by atoms with Gasteiger partial charge in [0.25, 0.3) is 0 Å². The highest BCUT2D eigenvalue weighted by atomic mass is 31.2. The lowest BCUT2D eigenvalue weighted by Crippen LogP contribution is -2.30. The minimum absolute atomic E-state index is 0.0819. The highest BCUT2D eigenvalue weighted by Gasteiger charge is 2.30. The molecular weight excluding hydrogens is 1230 g/mol. The second-order valence-electron chi connectivity index (χ2n) is 24.5. The third-order valence-electron chi connectivity index (χ3n) is 15.3. The minimum atomic E-state index is -4.98. The molecule has 3 N–H and O–H groups in total. The van der Waals surface area contributed by atoms with Crippen LogP contribution < -0.4 is 0 Å². The SMILES string of the molecule is CC/C=C\C/C=C\C/C=C\C/C=C\CCCCC(=O)OCC(COP(=O)(O)OCC(O)COP(=O)(O)OCC(COC(=O)CCCCCCC/C=C\C/C=C\CCC)OC(=O)CCCCCCC/C=C\CCCC)OC(=O)CCCCCCCCCCCCCCCCC. The fraction of sp³-hybridized carbons (Fsp3) is 0.760.